The molecule has 2 rings (SSSR count). The molecule has 0 aliphatic heterocycles. The van der Waals surface area contributed by atoms with E-state index in [-0.39, 0.29) is 11.8 Å². The zero-order valence-corrected chi connectivity index (χ0v) is 15.5. The van der Waals surface area contributed by atoms with Crippen molar-refractivity contribution >= 4 is 17.7 Å². The molecule has 1 saturated carbocycles. The Morgan fingerprint density at radius 1 is 1.39 bits per heavy atom. The number of nitrogens with one attached hydrogen (secondary N) is 1. The summed E-state index contributed by atoms with van der Waals surface area (Å²) in [4.78, 5) is 11.9. The number of aromatic nitrogens is 3. The molecule has 23 heavy (non-hydrogen) atoms. The molecule has 1 fully saturated rings. The number of thioether (sulfide) groups is 1. The van der Waals surface area contributed by atoms with Gasteiger partial charge in [0.15, 0.2) is 5.16 Å². The zero-order valence-electron chi connectivity index (χ0n) is 14.7. The Kier molecular flexibility index (Phi) is 7.40. The van der Waals surface area contributed by atoms with E-state index in [1.807, 2.05) is 6.92 Å². The fourth-order valence-electron chi connectivity index (χ4n) is 3.34. The van der Waals surface area contributed by atoms with E-state index in [4.69, 9.17) is 0 Å². The van der Waals surface area contributed by atoms with Gasteiger partial charge in [0.1, 0.15) is 5.82 Å². The van der Waals surface area contributed by atoms with Gasteiger partial charge in [0.25, 0.3) is 0 Å². The lowest BCUT2D eigenvalue weighted by atomic mass is 10.1. The van der Waals surface area contributed by atoms with Crippen LogP contribution in [0.4, 0.5) is 0 Å². The Morgan fingerprint density at radius 2 is 2.13 bits per heavy atom. The second-order valence-corrected chi connectivity index (χ2v) is 7.27. The molecule has 0 saturated heterocycles. The van der Waals surface area contributed by atoms with E-state index < -0.39 is 0 Å². The van der Waals surface area contributed by atoms with Gasteiger partial charge in [-0.15, -0.1) is 10.2 Å². The van der Waals surface area contributed by atoms with Gasteiger partial charge in [-0.05, 0) is 31.9 Å². The maximum Gasteiger partial charge on any atom is 0.222 e. The monoisotopic (exact) mass is 338 g/mol. The SMILES string of the molecule is CCCC(C)C(=O)NCCCc1nnc(SC)n1C1CCCC1. The smallest absolute Gasteiger partial charge is 0.222 e. The topological polar surface area (TPSA) is 59.8 Å². The summed E-state index contributed by atoms with van der Waals surface area (Å²) in [6, 6.07) is 0.571. The van der Waals surface area contributed by atoms with Gasteiger partial charge in [-0.3, -0.25) is 4.79 Å². The van der Waals surface area contributed by atoms with Crippen molar-refractivity contribution in [2.75, 3.05) is 12.8 Å². The summed E-state index contributed by atoms with van der Waals surface area (Å²) in [5, 5.41) is 12.8. The summed E-state index contributed by atoms with van der Waals surface area (Å²) in [5.41, 5.74) is 0. The third-order valence-corrected chi connectivity index (χ3v) is 5.30. The van der Waals surface area contributed by atoms with Crippen LogP contribution in [0.3, 0.4) is 0 Å². The number of amides is 1. The molecule has 1 aliphatic carbocycles. The fraction of sp³-hybridized carbons (Fsp3) is 0.824. The van der Waals surface area contributed by atoms with E-state index in [1.165, 1.54) is 25.7 Å². The van der Waals surface area contributed by atoms with Crippen molar-refractivity contribution < 1.29 is 4.79 Å². The van der Waals surface area contributed by atoms with Gasteiger partial charge in [0.05, 0.1) is 0 Å². The van der Waals surface area contributed by atoms with Crippen LogP contribution in [0.15, 0.2) is 5.16 Å². The Morgan fingerprint density at radius 3 is 2.78 bits per heavy atom. The lowest BCUT2D eigenvalue weighted by molar-refractivity contribution is -0.124. The highest BCUT2D eigenvalue weighted by Gasteiger charge is 2.23. The zero-order chi connectivity index (χ0) is 16.7. The van der Waals surface area contributed by atoms with Crippen LogP contribution < -0.4 is 5.32 Å². The van der Waals surface area contributed by atoms with E-state index in [0.29, 0.717) is 6.04 Å². The van der Waals surface area contributed by atoms with E-state index in [0.717, 1.165) is 43.2 Å². The first-order chi connectivity index (χ1) is 11.2. The second kappa shape index (κ2) is 9.30. The molecule has 1 atom stereocenters. The number of rotatable bonds is 9. The summed E-state index contributed by atoms with van der Waals surface area (Å²) in [6.07, 6.45) is 11.0. The highest BCUT2D eigenvalue weighted by molar-refractivity contribution is 7.98. The molecule has 5 nitrogen and oxygen atoms in total. The summed E-state index contributed by atoms with van der Waals surface area (Å²) in [5.74, 6) is 1.37. The van der Waals surface area contributed by atoms with Crippen molar-refractivity contribution in [2.24, 2.45) is 5.92 Å². The molecule has 1 N–H and O–H groups in total. The summed E-state index contributed by atoms with van der Waals surface area (Å²) >= 11 is 1.68. The molecule has 1 heterocycles. The molecule has 130 valence electrons. The molecule has 1 aliphatic rings. The van der Waals surface area contributed by atoms with Crippen molar-refractivity contribution in [1.82, 2.24) is 20.1 Å². The molecule has 1 unspecified atom stereocenters. The molecule has 0 spiro atoms. The van der Waals surface area contributed by atoms with Crippen LogP contribution in [0.25, 0.3) is 0 Å². The van der Waals surface area contributed by atoms with Crippen LogP contribution in [0, 0.1) is 5.92 Å². The van der Waals surface area contributed by atoms with Crippen LogP contribution in [0.2, 0.25) is 0 Å². The van der Waals surface area contributed by atoms with Crippen molar-refractivity contribution in [1.29, 1.82) is 0 Å². The molecule has 1 aromatic heterocycles. The number of hydrogen-bond donors (Lipinski definition) is 1. The van der Waals surface area contributed by atoms with Crippen LogP contribution in [-0.4, -0.2) is 33.5 Å². The van der Waals surface area contributed by atoms with Gasteiger partial charge >= 0.3 is 0 Å². The van der Waals surface area contributed by atoms with Gasteiger partial charge in [-0.2, -0.15) is 0 Å². The van der Waals surface area contributed by atoms with Gasteiger partial charge < -0.3 is 9.88 Å². The van der Waals surface area contributed by atoms with E-state index in [1.54, 1.807) is 11.8 Å². The lowest BCUT2D eigenvalue weighted by Gasteiger charge is -2.16. The minimum Gasteiger partial charge on any atom is -0.356 e. The maximum absolute atomic E-state index is 11.9. The van der Waals surface area contributed by atoms with Gasteiger partial charge in [-0.1, -0.05) is 44.9 Å². The molecule has 0 aromatic carbocycles. The third-order valence-electron chi connectivity index (χ3n) is 4.65. The van der Waals surface area contributed by atoms with E-state index in [9.17, 15) is 4.79 Å². The molecule has 1 amide bonds. The Labute approximate surface area is 144 Å². The highest BCUT2D eigenvalue weighted by Crippen LogP contribution is 2.33. The van der Waals surface area contributed by atoms with Crippen LogP contribution in [0.5, 0.6) is 0 Å². The lowest BCUT2D eigenvalue weighted by Crippen LogP contribution is -2.30. The first kappa shape index (κ1) is 18.3. The van der Waals surface area contributed by atoms with Crippen LogP contribution in [0.1, 0.15) is 70.7 Å². The number of nitrogens with zero attached hydrogens (tertiary/aromatic N) is 3. The van der Waals surface area contributed by atoms with Crippen LogP contribution >= 0.6 is 11.8 Å². The molecule has 1 aromatic rings. The Hall–Kier alpha value is -1.04. The molecule has 0 radical (unpaired) electrons. The standard InChI is InChI=1S/C17H30N4OS/c1-4-8-13(2)16(22)18-12-7-11-15-19-20-17(23-3)21(15)14-9-5-6-10-14/h13-14H,4-12H2,1-3H3,(H,18,22). The summed E-state index contributed by atoms with van der Waals surface area (Å²) < 4.78 is 2.35. The maximum atomic E-state index is 11.9. The fourth-order valence-corrected chi connectivity index (χ4v) is 3.92. The normalized spacial score (nSPS) is 16.7. The predicted octanol–water partition coefficient (Wildman–Crippen LogP) is 3.60. The number of carbonyl (C=O) groups is 1. The van der Waals surface area contributed by atoms with Gasteiger partial charge in [0.2, 0.25) is 5.91 Å². The molecule has 6 heteroatoms. The third kappa shape index (κ3) is 4.96. The Bertz CT molecular complexity index is 497. The van der Waals surface area contributed by atoms with Crippen molar-refractivity contribution in [3.63, 3.8) is 0 Å². The molecular formula is C17H30N4OS. The number of carbonyl (C=O) groups excluding carboxylic acids is 1. The highest BCUT2D eigenvalue weighted by atomic mass is 32.2. The number of aryl methyl sites for hydroxylation is 1. The van der Waals surface area contributed by atoms with E-state index >= 15 is 0 Å². The first-order valence-electron chi connectivity index (χ1n) is 8.92. The quantitative estimate of drug-likeness (QED) is 0.552. The average Bonchev–Trinajstić information content (AvgIpc) is 3.20. The minimum atomic E-state index is 0.116. The largest absolute Gasteiger partial charge is 0.356 e. The van der Waals surface area contributed by atoms with Gasteiger partial charge in [-0.25, -0.2) is 0 Å². The Balaban J connectivity index is 1.84. The van der Waals surface area contributed by atoms with Gasteiger partial charge in [0, 0.05) is 24.9 Å². The van der Waals surface area contributed by atoms with Crippen molar-refractivity contribution in [3.05, 3.63) is 5.82 Å². The van der Waals surface area contributed by atoms with Crippen molar-refractivity contribution in [3.8, 4) is 0 Å². The van der Waals surface area contributed by atoms with Crippen LogP contribution in [-0.2, 0) is 11.2 Å². The summed E-state index contributed by atoms with van der Waals surface area (Å²) in [6.45, 7) is 4.84. The predicted molar refractivity (Wildman–Crippen MR) is 94.7 cm³/mol. The average molecular weight is 339 g/mol. The molecular weight excluding hydrogens is 308 g/mol. The second-order valence-electron chi connectivity index (χ2n) is 6.50. The summed E-state index contributed by atoms with van der Waals surface area (Å²) in [7, 11) is 0. The van der Waals surface area contributed by atoms with Crippen molar-refractivity contribution in [2.45, 2.75) is 76.4 Å². The first-order valence-corrected chi connectivity index (χ1v) is 10.1. The van der Waals surface area contributed by atoms with E-state index in [2.05, 4.69) is 33.3 Å². The minimum absolute atomic E-state index is 0.116. The molecule has 0 bridgehead atoms. The number of hydrogen-bond acceptors (Lipinski definition) is 4.